The molecule has 2 aromatic carbocycles. The van der Waals surface area contributed by atoms with Gasteiger partial charge in [-0.05, 0) is 47.9 Å². The Labute approximate surface area is 171 Å². The number of aromatic nitrogens is 1. The Morgan fingerprint density at radius 3 is 2.62 bits per heavy atom. The lowest BCUT2D eigenvalue weighted by atomic mass is 10.0. The summed E-state index contributed by atoms with van der Waals surface area (Å²) in [6.07, 6.45) is 1.69. The van der Waals surface area contributed by atoms with Crippen LogP contribution < -0.4 is 14.8 Å². The zero-order valence-electron chi connectivity index (χ0n) is 17.0. The average Bonchev–Trinajstić information content (AvgIpc) is 2.76. The number of carbonyl (C=O) groups excluding carboxylic acids is 1. The third kappa shape index (κ3) is 5.57. The van der Waals surface area contributed by atoms with Gasteiger partial charge in [-0.15, -0.1) is 0 Å². The van der Waals surface area contributed by atoms with Crippen LogP contribution in [0.2, 0.25) is 0 Å². The number of carbonyl (C=O) groups is 1. The first-order valence-corrected chi connectivity index (χ1v) is 9.66. The average molecular weight is 390 g/mol. The second-order valence-corrected chi connectivity index (χ2v) is 7.17. The maximum atomic E-state index is 13.1. The molecule has 0 atom stereocenters. The normalized spacial score (nSPS) is 10.6. The van der Waals surface area contributed by atoms with Gasteiger partial charge in [-0.3, -0.25) is 4.79 Å². The molecule has 0 aliphatic carbocycles. The zero-order valence-corrected chi connectivity index (χ0v) is 17.0. The summed E-state index contributed by atoms with van der Waals surface area (Å²) in [6.45, 7) is 5.37. The maximum Gasteiger partial charge on any atom is 0.196 e. The van der Waals surface area contributed by atoms with E-state index in [2.05, 4.69) is 24.1 Å². The minimum absolute atomic E-state index is 0.0869. The first-order chi connectivity index (χ1) is 14.1. The van der Waals surface area contributed by atoms with E-state index >= 15 is 0 Å². The van der Waals surface area contributed by atoms with Gasteiger partial charge in [-0.25, -0.2) is 4.98 Å². The van der Waals surface area contributed by atoms with Crippen LogP contribution in [0.15, 0.2) is 66.9 Å². The summed E-state index contributed by atoms with van der Waals surface area (Å²) in [5.74, 6) is 2.39. The number of anilines is 1. The largest absolute Gasteiger partial charge is 0.497 e. The molecule has 0 fully saturated rings. The Bertz CT molecular complexity index is 970. The van der Waals surface area contributed by atoms with Crippen molar-refractivity contribution < 1.29 is 14.3 Å². The number of methoxy groups -OCH3 is 1. The van der Waals surface area contributed by atoms with Gasteiger partial charge in [-0.1, -0.05) is 38.1 Å². The van der Waals surface area contributed by atoms with E-state index in [9.17, 15) is 4.79 Å². The smallest absolute Gasteiger partial charge is 0.196 e. The van der Waals surface area contributed by atoms with Crippen LogP contribution in [-0.2, 0) is 6.61 Å². The lowest BCUT2D eigenvalue weighted by Gasteiger charge is -2.12. The molecule has 29 heavy (non-hydrogen) atoms. The van der Waals surface area contributed by atoms with Crippen molar-refractivity contribution in [3.8, 4) is 11.5 Å². The minimum Gasteiger partial charge on any atom is -0.497 e. The molecule has 3 aromatic rings. The number of hydrogen-bond acceptors (Lipinski definition) is 5. The van der Waals surface area contributed by atoms with Crippen LogP contribution in [-0.4, -0.2) is 24.4 Å². The molecule has 3 rings (SSSR count). The fourth-order valence-electron chi connectivity index (χ4n) is 2.84. The zero-order chi connectivity index (χ0) is 20.6. The van der Waals surface area contributed by atoms with Gasteiger partial charge in [0.25, 0.3) is 0 Å². The van der Waals surface area contributed by atoms with Crippen LogP contribution in [0.25, 0.3) is 0 Å². The van der Waals surface area contributed by atoms with E-state index in [0.717, 1.165) is 17.9 Å². The van der Waals surface area contributed by atoms with E-state index in [4.69, 9.17) is 9.47 Å². The SMILES string of the molecule is COc1cccc(COc2cccc(C(=O)c3cccnc3NCC(C)C)c2)c1. The van der Waals surface area contributed by atoms with Crippen LogP contribution >= 0.6 is 0 Å². The number of rotatable bonds is 9. The van der Waals surface area contributed by atoms with Crippen molar-refractivity contribution in [2.24, 2.45) is 5.92 Å². The topological polar surface area (TPSA) is 60.5 Å². The molecule has 0 saturated carbocycles. The van der Waals surface area contributed by atoms with Gasteiger partial charge in [0.05, 0.1) is 12.7 Å². The van der Waals surface area contributed by atoms with Gasteiger partial charge in [0, 0.05) is 18.3 Å². The lowest BCUT2D eigenvalue weighted by Crippen LogP contribution is -2.13. The van der Waals surface area contributed by atoms with Crippen molar-refractivity contribution in [1.29, 1.82) is 0 Å². The first-order valence-electron chi connectivity index (χ1n) is 9.66. The van der Waals surface area contributed by atoms with Gasteiger partial charge in [-0.2, -0.15) is 0 Å². The summed E-state index contributed by atoms with van der Waals surface area (Å²) < 4.78 is 11.1. The van der Waals surface area contributed by atoms with Gasteiger partial charge >= 0.3 is 0 Å². The molecule has 1 heterocycles. The molecule has 0 aliphatic heterocycles. The van der Waals surface area contributed by atoms with Crippen molar-refractivity contribution in [3.05, 3.63) is 83.6 Å². The van der Waals surface area contributed by atoms with E-state index < -0.39 is 0 Å². The van der Waals surface area contributed by atoms with Gasteiger partial charge in [0.2, 0.25) is 0 Å². The molecule has 5 heteroatoms. The Morgan fingerprint density at radius 2 is 1.83 bits per heavy atom. The highest BCUT2D eigenvalue weighted by molar-refractivity contribution is 6.12. The van der Waals surface area contributed by atoms with Crippen LogP contribution in [0.4, 0.5) is 5.82 Å². The molecule has 0 radical (unpaired) electrons. The number of pyridine rings is 1. The molecule has 0 bridgehead atoms. The highest BCUT2D eigenvalue weighted by atomic mass is 16.5. The van der Waals surface area contributed by atoms with E-state index in [1.165, 1.54) is 0 Å². The standard InChI is InChI=1S/C24H26N2O3/c1-17(2)15-26-24-22(11-6-12-25-24)23(27)19-8-5-10-21(14-19)29-16-18-7-4-9-20(13-18)28-3/h4-14,17H,15-16H2,1-3H3,(H,25,26). The van der Waals surface area contributed by atoms with Gasteiger partial charge in [0.1, 0.15) is 23.9 Å². The second-order valence-electron chi connectivity index (χ2n) is 7.17. The molecule has 0 aliphatic rings. The minimum atomic E-state index is -0.0869. The fourth-order valence-corrected chi connectivity index (χ4v) is 2.84. The summed E-state index contributed by atoms with van der Waals surface area (Å²) >= 11 is 0. The van der Waals surface area contributed by atoms with Crippen molar-refractivity contribution >= 4 is 11.6 Å². The first kappa shape index (κ1) is 20.4. The highest BCUT2D eigenvalue weighted by Crippen LogP contribution is 2.22. The summed E-state index contributed by atoms with van der Waals surface area (Å²) in [7, 11) is 1.64. The summed E-state index contributed by atoms with van der Waals surface area (Å²) in [5.41, 5.74) is 2.11. The van der Waals surface area contributed by atoms with Crippen LogP contribution in [0.1, 0.15) is 35.3 Å². The Hall–Kier alpha value is -3.34. The molecular weight excluding hydrogens is 364 g/mol. The molecule has 0 saturated heterocycles. The van der Waals surface area contributed by atoms with E-state index in [1.54, 1.807) is 37.6 Å². The number of ether oxygens (including phenoxy) is 2. The predicted molar refractivity (Wildman–Crippen MR) is 115 cm³/mol. The molecule has 1 N–H and O–H groups in total. The second kappa shape index (κ2) is 9.73. The summed E-state index contributed by atoms with van der Waals surface area (Å²) in [6, 6.07) is 18.5. The molecule has 0 amide bonds. The number of hydrogen-bond donors (Lipinski definition) is 1. The predicted octanol–water partition coefficient (Wildman–Crippen LogP) is 4.97. The van der Waals surface area contributed by atoms with Gasteiger partial charge in [0.15, 0.2) is 5.78 Å². The molecule has 1 aromatic heterocycles. The number of nitrogens with one attached hydrogen (secondary N) is 1. The lowest BCUT2D eigenvalue weighted by molar-refractivity contribution is 0.103. The molecule has 0 unspecified atom stereocenters. The van der Waals surface area contributed by atoms with Crippen LogP contribution in [0.5, 0.6) is 11.5 Å². The van der Waals surface area contributed by atoms with Gasteiger partial charge < -0.3 is 14.8 Å². The number of ketones is 1. The monoisotopic (exact) mass is 390 g/mol. The Balaban J connectivity index is 1.74. The van der Waals surface area contributed by atoms with Crippen molar-refractivity contribution in [3.63, 3.8) is 0 Å². The van der Waals surface area contributed by atoms with E-state index in [-0.39, 0.29) is 5.78 Å². The molecule has 150 valence electrons. The fraction of sp³-hybridized carbons (Fsp3) is 0.250. The molecule has 0 spiro atoms. The number of benzene rings is 2. The van der Waals surface area contributed by atoms with Crippen molar-refractivity contribution in [2.45, 2.75) is 20.5 Å². The van der Waals surface area contributed by atoms with Crippen molar-refractivity contribution in [2.75, 3.05) is 19.0 Å². The van der Waals surface area contributed by atoms with Crippen LogP contribution in [0.3, 0.4) is 0 Å². The third-order valence-electron chi connectivity index (χ3n) is 4.37. The maximum absolute atomic E-state index is 13.1. The summed E-state index contributed by atoms with van der Waals surface area (Å²) in [4.78, 5) is 17.4. The third-order valence-corrected chi connectivity index (χ3v) is 4.37. The highest BCUT2D eigenvalue weighted by Gasteiger charge is 2.15. The molecular formula is C24H26N2O3. The molecule has 5 nitrogen and oxygen atoms in total. The summed E-state index contributed by atoms with van der Waals surface area (Å²) in [5, 5.41) is 3.26. The Morgan fingerprint density at radius 1 is 1.03 bits per heavy atom. The van der Waals surface area contributed by atoms with E-state index in [0.29, 0.717) is 35.2 Å². The van der Waals surface area contributed by atoms with Crippen LogP contribution in [0, 0.1) is 5.92 Å². The van der Waals surface area contributed by atoms with E-state index in [1.807, 2.05) is 36.4 Å². The Kier molecular flexibility index (Phi) is 6.85. The number of nitrogens with zero attached hydrogens (tertiary/aromatic N) is 1. The quantitative estimate of drug-likeness (QED) is 0.523. The van der Waals surface area contributed by atoms with Crippen molar-refractivity contribution in [1.82, 2.24) is 4.98 Å².